The number of rotatable bonds is 5. The molecule has 1 rings (SSSR count). The van der Waals surface area contributed by atoms with E-state index in [1.54, 1.807) is 0 Å². The summed E-state index contributed by atoms with van der Waals surface area (Å²) in [7, 11) is 1.92. The van der Waals surface area contributed by atoms with Crippen LogP contribution in [0.3, 0.4) is 0 Å². The van der Waals surface area contributed by atoms with Crippen molar-refractivity contribution in [2.75, 3.05) is 19.6 Å². The van der Waals surface area contributed by atoms with E-state index in [0.717, 1.165) is 11.4 Å². The smallest absolute Gasteiger partial charge is 0.270 e. The van der Waals surface area contributed by atoms with E-state index in [2.05, 4.69) is 13.8 Å². The Morgan fingerprint density at radius 3 is 2.44 bits per heavy atom. The van der Waals surface area contributed by atoms with E-state index in [1.807, 2.05) is 42.5 Å². The zero-order valence-corrected chi connectivity index (χ0v) is 12.2. The number of amides is 1. The number of nitrogens with two attached hydrogens (primary N) is 1. The first-order valence-electron chi connectivity index (χ1n) is 6.44. The van der Waals surface area contributed by atoms with Gasteiger partial charge in [-0.25, -0.2) is 0 Å². The Labute approximate surface area is 110 Å². The number of hydrogen-bond acceptors (Lipinski definition) is 2. The fraction of sp³-hybridized carbons (Fsp3) is 0.643. The zero-order chi connectivity index (χ0) is 13.9. The van der Waals surface area contributed by atoms with Crippen LogP contribution in [0, 0.1) is 12.3 Å². The molecular weight excluding hydrogens is 226 g/mol. The van der Waals surface area contributed by atoms with Crippen LogP contribution in [0.4, 0.5) is 0 Å². The van der Waals surface area contributed by atoms with Crippen molar-refractivity contribution in [1.29, 1.82) is 0 Å². The molecule has 4 heteroatoms. The third kappa shape index (κ3) is 3.13. The van der Waals surface area contributed by atoms with Crippen molar-refractivity contribution in [2.24, 2.45) is 18.2 Å². The third-order valence-corrected chi connectivity index (χ3v) is 3.43. The molecule has 0 saturated carbocycles. The second-order valence-corrected chi connectivity index (χ2v) is 5.61. The van der Waals surface area contributed by atoms with Crippen LogP contribution in [-0.4, -0.2) is 35.0 Å². The predicted octanol–water partition coefficient (Wildman–Crippen LogP) is 1.78. The summed E-state index contributed by atoms with van der Waals surface area (Å²) in [4.78, 5) is 14.3. The van der Waals surface area contributed by atoms with E-state index in [0.29, 0.717) is 19.6 Å². The molecule has 1 aromatic heterocycles. The SMILES string of the molecule is CCN(CC(C)(C)CN)C(=O)c1ccc(C)n1C. The van der Waals surface area contributed by atoms with Gasteiger partial charge in [-0.15, -0.1) is 0 Å². The van der Waals surface area contributed by atoms with Gasteiger partial charge in [-0.3, -0.25) is 4.79 Å². The van der Waals surface area contributed by atoms with Crippen molar-refractivity contribution in [3.05, 3.63) is 23.5 Å². The number of carbonyl (C=O) groups excluding carboxylic acids is 1. The van der Waals surface area contributed by atoms with Gasteiger partial charge >= 0.3 is 0 Å². The van der Waals surface area contributed by atoms with Crippen molar-refractivity contribution in [3.63, 3.8) is 0 Å². The summed E-state index contributed by atoms with van der Waals surface area (Å²) in [5.74, 6) is 0.0784. The Morgan fingerprint density at radius 1 is 1.44 bits per heavy atom. The van der Waals surface area contributed by atoms with Crippen LogP contribution in [0.2, 0.25) is 0 Å². The standard InChI is InChI=1S/C14H25N3O/c1-6-17(10-14(3,4)9-15)13(18)12-8-7-11(2)16(12)5/h7-8H,6,9-10,15H2,1-5H3. The zero-order valence-electron chi connectivity index (χ0n) is 12.2. The van der Waals surface area contributed by atoms with Crippen LogP contribution >= 0.6 is 0 Å². The van der Waals surface area contributed by atoms with Gasteiger partial charge in [0, 0.05) is 25.8 Å². The van der Waals surface area contributed by atoms with Gasteiger partial charge in [0.1, 0.15) is 5.69 Å². The Hall–Kier alpha value is -1.29. The third-order valence-electron chi connectivity index (χ3n) is 3.43. The summed E-state index contributed by atoms with van der Waals surface area (Å²) in [6.45, 7) is 10.1. The summed E-state index contributed by atoms with van der Waals surface area (Å²) in [5.41, 5.74) is 7.52. The molecule has 1 heterocycles. The maximum atomic E-state index is 12.5. The average Bonchev–Trinajstić information content (AvgIpc) is 2.66. The van der Waals surface area contributed by atoms with Crippen molar-refractivity contribution in [2.45, 2.75) is 27.7 Å². The number of aromatic nitrogens is 1. The molecule has 0 fully saturated rings. The van der Waals surface area contributed by atoms with Crippen LogP contribution in [-0.2, 0) is 7.05 Å². The molecule has 0 aromatic carbocycles. The fourth-order valence-corrected chi connectivity index (χ4v) is 1.90. The van der Waals surface area contributed by atoms with E-state index in [9.17, 15) is 4.79 Å². The minimum absolute atomic E-state index is 0.0497. The first-order valence-corrected chi connectivity index (χ1v) is 6.44. The molecule has 0 saturated heterocycles. The Bertz CT molecular complexity index is 421. The minimum atomic E-state index is -0.0497. The highest BCUT2D eigenvalue weighted by molar-refractivity contribution is 5.93. The van der Waals surface area contributed by atoms with Crippen LogP contribution in [0.15, 0.2) is 12.1 Å². The second-order valence-electron chi connectivity index (χ2n) is 5.61. The van der Waals surface area contributed by atoms with Crippen molar-refractivity contribution in [1.82, 2.24) is 9.47 Å². The summed E-state index contributed by atoms with van der Waals surface area (Å²) in [6.07, 6.45) is 0. The normalized spacial score (nSPS) is 11.7. The van der Waals surface area contributed by atoms with Gasteiger partial charge in [0.15, 0.2) is 0 Å². The molecule has 0 unspecified atom stereocenters. The lowest BCUT2D eigenvalue weighted by Crippen LogP contribution is -2.42. The van der Waals surface area contributed by atoms with Gasteiger partial charge in [0.25, 0.3) is 5.91 Å². The quantitative estimate of drug-likeness (QED) is 0.867. The molecule has 2 N–H and O–H groups in total. The van der Waals surface area contributed by atoms with E-state index in [-0.39, 0.29) is 11.3 Å². The van der Waals surface area contributed by atoms with Crippen molar-refractivity contribution >= 4 is 5.91 Å². The van der Waals surface area contributed by atoms with Crippen LogP contribution < -0.4 is 5.73 Å². The Balaban J connectivity index is 2.90. The lowest BCUT2D eigenvalue weighted by Gasteiger charge is -2.31. The highest BCUT2D eigenvalue weighted by Gasteiger charge is 2.24. The molecule has 1 aromatic rings. The van der Waals surface area contributed by atoms with Gasteiger partial charge in [0.2, 0.25) is 0 Å². The summed E-state index contributed by atoms with van der Waals surface area (Å²) >= 11 is 0. The molecule has 102 valence electrons. The van der Waals surface area contributed by atoms with E-state index in [1.165, 1.54) is 0 Å². The van der Waals surface area contributed by atoms with Gasteiger partial charge in [-0.05, 0) is 37.9 Å². The molecule has 0 aliphatic rings. The second kappa shape index (κ2) is 5.57. The molecule has 0 spiro atoms. The number of nitrogens with zero attached hydrogens (tertiary/aromatic N) is 2. The van der Waals surface area contributed by atoms with E-state index < -0.39 is 0 Å². The molecule has 0 aliphatic heterocycles. The summed E-state index contributed by atoms with van der Waals surface area (Å²) in [5, 5.41) is 0. The molecular formula is C14H25N3O. The van der Waals surface area contributed by atoms with E-state index >= 15 is 0 Å². The monoisotopic (exact) mass is 251 g/mol. The van der Waals surface area contributed by atoms with Crippen molar-refractivity contribution in [3.8, 4) is 0 Å². The van der Waals surface area contributed by atoms with Gasteiger partial charge in [0.05, 0.1) is 0 Å². The lowest BCUT2D eigenvalue weighted by atomic mass is 9.93. The number of carbonyl (C=O) groups is 1. The molecule has 0 bridgehead atoms. The molecule has 18 heavy (non-hydrogen) atoms. The lowest BCUT2D eigenvalue weighted by molar-refractivity contribution is 0.0691. The van der Waals surface area contributed by atoms with E-state index in [4.69, 9.17) is 5.73 Å². The van der Waals surface area contributed by atoms with Crippen LogP contribution in [0.25, 0.3) is 0 Å². The maximum Gasteiger partial charge on any atom is 0.270 e. The Kier molecular flexibility index (Phi) is 4.57. The minimum Gasteiger partial charge on any atom is -0.344 e. The molecule has 0 atom stereocenters. The Morgan fingerprint density at radius 2 is 2.06 bits per heavy atom. The van der Waals surface area contributed by atoms with Gasteiger partial charge in [-0.1, -0.05) is 13.8 Å². The number of hydrogen-bond donors (Lipinski definition) is 1. The predicted molar refractivity (Wildman–Crippen MR) is 74.6 cm³/mol. The topological polar surface area (TPSA) is 51.3 Å². The number of aryl methyl sites for hydroxylation is 1. The van der Waals surface area contributed by atoms with Crippen molar-refractivity contribution < 1.29 is 4.79 Å². The average molecular weight is 251 g/mol. The van der Waals surface area contributed by atoms with Crippen LogP contribution in [0.1, 0.15) is 37.0 Å². The highest BCUT2D eigenvalue weighted by Crippen LogP contribution is 2.17. The largest absolute Gasteiger partial charge is 0.344 e. The first kappa shape index (κ1) is 14.8. The van der Waals surface area contributed by atoms with Gasteiger partial charge in [-0.2, -0.15) is 0 Å². The highest BCUT2D eigenvalue weighted by atomic mass is 16.2. The summed E-state index contributed by atoms with van der Waals surface area (Å²) < 4.78 is 1.93. The molecule has 4 nitrogen and oxygen atoms in total. The maximum absolute atomic E-state index is 12.5. The molecule has 1 amide bonds. The fourth-order valence-electron chi connectivity index (χ4n) is 1.90. The first-order chi connectivity index (χ1) is 8.32. The molecule has 0 aliphatic carbocycles. The molecule has 0 radical (unpaired) electrons. The van der Waals surface area contributed by atoms with Gasteiger partial charge < -0.3 is 15.2 Å². The van der Waals surface area contributed by atoms with Crippen LogP contribution in [0.5, 0.6) is 0 Å². The summed E-state index contributed by atoms with van der Waals surface area (Å²) in [6, 6.07) is 3.85.